The monoisotopic (exact) mass is 229 g/mol. The van der Waals surface area contributed by atoms with Gasteiger partial charge in [-0.05, 0) is 44.2 Å². The number of hydrogen-bond donors (Lipinski definition) is 0. The second-order valence-electron chi connectivity index (χ2n) is 3.68. The van der Waals surface area contributed by atoms with Crippen LogP contribution in [-0.2, 0) is 0 Å². The van der Waals surface area contributed by atoms with E-state index in [4.69, 9.17) is 0 Å². The van der Waals surface area contributed by atoms with Crippen molar-refractivity contribution in [3.63, 3.8) is 0 Å². The molecule has 0 spiro atoms. The molecule has 0 unspecified atom stereocenters. The molecular weight excluding hydrogens is 210 g/mol. The van der Waals surface area contributed by atoms with Crippen molar-refractivity contribution in [3.05, 3.63) is 54.6 Å². The number of hydrogen-bond acceptors (Lipinski definition) is 2. The lowest BCUT2D eigenvalue weighted by molar-refractivity contribution is 0.104. The first kappa shape index (κ1) is 13.2. The first-order valence-corrected chi connectivity index (χ1v) is 5.91. The maximum Gasteiger partial charge on any atom is 0.185 e. The molecule has 0 heterocycles. The highest BCUT2D eigenvalue weighted by Gasteiger charge is 2.04. The molecule has 0 N–H and O–H groups in total. The second-order valence-corrected chi connectivity index (χ2v) is 3.68. The van der Waals surface area contributed by atoms with Crippen LogP contribution in [0.5, 0.6) is 0 Å². The van der Waals surface area contributed by atoms with E-state index in [2.05, 4.69) is 25.3 Å². The Balaban J connectivity index is 2.84. The van der Waals surface area contributed by atoms with Gasteiger partial charge in [-0.25, -0.2) is 0 Å². The van der Waals surface area contributed by atoms with Crippen LogP contribution in [0.3, 0.4) is 0 Å². The van der Waals surface area contributed by atoms with E-state index in [1.807, 2.05) is 24.3 Å². The predicted molar refractivity (Wildman–Crippen MR) is 73.7 cm³/mol. The van der Waals surface area contributed by atoms with Crippen LogP contribution in [0.25, 0.3) is 0 Å². The Bertz CT molecular complexity index is 399. The fraction of sp³-hybridized carbons (Fsp3) is 0.267. The quantitative estimate of drug-likeness (QED) is 0.423. The Morgan fingerprint density at radius 3 is 2.29 bits per heavy atom. The first-order chi connectivity index (χ1) is 8.22. The van der Waals surface area contributed by atoms with Gasteiger partial charge in [-0.3, -0.25) is 4.79 Å². The maximum absolute atomic E-state index is 11.7. The fourth-order valence-electron chi connectivity index (χ4n) is 1.68. The third kappa shape index (κ3) is 3.59. The number of ketones is 1. The first-order valence-electron chi connectivity index (χ1n) is 5.91. The van der Waals surface area contributed by atoms with Crippen molar-refractivity contribution in [2.45, 2.75) is 13.8 Å². The highest BCUT2D eigenvalue weighted by molar-refractivity contribution is 6.04. The van der Waals surface area contributed by atoms with Gasteiger partial charge in [0.25, 0.3) is 0 Å². The van der Waals surface area contributed by atoms with E-state index in [1.165, 1.54) is 6.08 Å². The van der Waals surface area contributed by atoms with Crippen LogP contribution >= 0.6 is 0 Å². The minimum Gasteiger partial charge on any atom is -0.372 e. The van der Waals surface area contributed by atoms with Gasteiger partial charge < -0.3 is 4.90 Å². The summed E-state index contributed by atoms with van der Waals surface area (Å²) in [6.07, 6.45) is 4.78. The molecule has 1 rings (SSSR count). The Kier molecular flexibility index (Phi) is 5.21. The Labute approximate surface area is 103 Å². The normalized spacial score (nSPS) is 10.5. The van der Waals surface area contributed by atoms with E-state index in [1.54, 1.807) is 12.2 Å². The van der Waals surface area contributed by atoms with Crippen LogP contribution in [0.4, 0.5) is 5.69 Å². The molecule has 0 atom stereocenters. The molecule has 0 fully saturated rings. The number of nitrogens with zero attached hydrogens (tertiary/aromatic N) is 1. The Morgan fingerprint density at radius 2 is 1.82 bits per heavy atom. The zero-order valence-electron chi connectivity index (χ0n) is 10.5. The summed E-state index contributed by atoms with van der Waals surface area (Å²) in [7, 11) is 0. The van der Waals surface area contributed by atoms with Crippen molar-refractivity contribution in [1.82, 2.24) is 0 Å². The SMILES string of the molecule is C=CC=CC(=O)c1ccc(N(CC)CC)cc1. The zero-order chi connectivity index (χ0) is 12.7. The number of benzene rings is 1. The van der Waals surface area contributed by atoms with Crippen molar-refractivity contribution in [2.24, 2.45) is 0 Å². The lowest BCUT2D eigenvalue weighted by Gasteiger charge is -2.20. The molecule has 0 aliphatic rings. The molecule has 0 aliphatic heterocycles. The molecule has 0 saturated carbocycles. The number of allylic oxidation sites excluding steroid dienone is 3. The van der Waals surface area contributed by atoms with Crippen LogP contribution in [0, 0.1) is 0 Å². The number of carbonyl (C=O) groups is 1. The summed E-state index contributed by atoms with van der Waals surface area (Å²) in [6, 6.07) is 7.71. The van der Waals surface area contributed by atoms with Gasteiger partial charge >= 0.3 is 0 Å². The van der Waals surface area contributed by atoms with Gasteiger partial charge in [0, 0.05) is 24.3 Å². The molecule has 1 aromatic carbocycles. The third-order valence-corrected chi connectivity index (χ3v) is 2.66. The average molecular weight is 229 g/mol. The van der Waals surface area contributed by atoms with Gasteiger partial charge in [0.1, 0.15) is 0 Å². The topological polar surface area (TPSA) is 20.3 Å². The van der Waals surface area contributed by atoms with Gasteiger partial charge in [-0.2, -0.15) is 0 Å². The van der Waals surface area contributed by atoms with Crippen molar-refractivity contribution in [2.75, 3.05) is 18.0 Å². The lowest BCUT2D eigenvalue weighted by atomic mass is 10.1. The van der Waals surface area contributed by atoms with E-state index in [0.717, 1.165) is 18.8 Å². The summed E-state index contributed by atoms with van der Waals surface area (Å²) in [4.78, 5) is 13.9. The van der Waals surface area contributed by atoms with Crippen LogP contribution in [-0.4, -0.2) is 18.9 Å². The van der Waals surface area contributed by atoms with Crippen molar-refractivity contribution >= 4 is 11.5 Å². The molecule has 0 amide bonds. The van der Waals surface area contributed by atoms with E-state index in [-0.39, 0.29) is 5.78 Å². The summed E-state index contributed by atoms with van der Waals surface area (Å²) in [5.74, 6) is 0.0102. The minimum atomic E-state index is 0.0102. The van der Waals surface area contributed by atoms with Gasteiger partial charge in [0.15, 0.2) is 5.78 Å². The van der Waals surface area contributed by atoms with Crippen molar-refractivity contribution in [1.29, 1.82) is 0 Å². The van der Waals surface area contributed by atoms with Crippen LogP contribution in [0.2, 0.25) is 0 Å². The summed E-state index contributed by atoms with van der Waals surface area (Å²) < 4.78 is 0. The third-order valence-electron chi connectivity index (χ3n) is 2.66. The zero-order valence-corrected chi connectivity index (χ0v) is 10.5. The molecule has 0 aromatic heterocycles. The smallest absolute Gasteiger partial charge is 0.185 e. The molecule has 0 aliphatic carbocycles. The number of carbonyl (C=O) groups excluding carboxylic acids is 1. The van der Waals surface area contributed by atoms with E-state index in [9.17, 15) is 4.79 Å². The largest absolute Gasteiger partial charge is 0.372 e. The molecule has 0 saturated heterocycles. The molecule has 0 radical (unpaired) electrons. The highest BCUT2D eigenvalue weighted by atomic mass is 16.1. The summed E-state index contributed by atoms with van der Waals surface area (Å²) in [5, 5.41) is 0. The van der Waals surface area contributed by atoms with E-state index >= 15 is 0 Å². The standard InChI is InChI=1S/C15H19NO/c1-4-7-8-15(17)13-9-11-14(12-10-13)16(5-2)6-3/h4,7-12H,1,5-6H2,2-3H3. The van der Waals surface area contributed by atoms with Gasteiger partial charge in [-0.15, -0.1) is 0 Å². The second kappa shape index (κ2) is 6.69. The van der Waals surface area contributed by atoms with Crippen molar-refractivity contribution in [3.8, 4) is 0 Å². The van der Waals surface area contributed by atoms with Crippen LogP contribution < -0.4 is 4.90 Å². The lowest BCUT2D eigenvalue weighted by Crippen LogP contribution is -2.21. The van der Waals surface area contributed by atoms with Crippen LogP contribution in [0.15, 0.2) is 49.1 Å². The Hall–Kier alpha value is -1.83. The van der Waals surface area contributed by atoms with E-state index < -0.39 is 0 Å². The molecule has 0 bridgehead atoms. The fourth-order valence-corrected chi connectivity index (χ4v) is 1.68. The number of anilines is 1. The summed E-state index contributed by atoms with van der Waals surface area (Å²) in [5.41, 5.74) is 1.86. The number of rotatable bonds is 6. The predicted octanol–water partition coefficient (Wildman–Crippen LogP) is 3.46. The molecule has 2 nitrogen and oxygen atoms in total. The van der Waals surface area contributed by atoms with Crippen LogP contribution in [0.1, 0.15) is 24.2 Å². The van der Waals surface area contributed by atoms with E-state index in [0.29, 0.717) is 5.56 Å². The summed E-state index contributed by atoms with van der Waals surface area (Å²) >= 11 is 0. The summed E-state index contributed by atoms with van der Waals surface area (Å²) in [6.45, 7) is 9.73. The van der Waals surface area contributed by atoms with Gasteiger partial charge in [0.2, 0.25) is 0 Å². The van der Waals surface area contributed by atoms with Gasteiger partial charge in [0.05, 0.1) is 0 Å². The molecule has 1 aromatic rings. The molecule has 17 heavy (non-hydrogen) atoms. The van der Waals surface area contributed by atoms with Crippen molar-refractivity contribution < 1.29 is 4.79 Å². The minimum absolute atomic E-state index is 0.0102. The molecule has 2 heteroatoms. The molecular formula is C15H19NO. The highest BCUT2D eigenvalue weighted by Crippen LogP contribution is 2.15. The maximum atomic E-state index is 11.7. The Morgan fingerprint density at radius 1 is 1.24 bits per heavy atom. The van der Waals surface area contributed by atoms with Gasteiger partial charge in [-0.1, -0.05) is 18.7 Å². The average Bonchev–Trinajstić information content (AvgIpc) is 2.38. The molecule has 90 valence electrons.